The number of ketones is 1. The number of amides is 1. The minimum atomic E-state index is -0.0400. The number of thiophene rings is 1. The number of hydrogen-bond donors (Lipinski definition) is 1. The zero-order chi connectivity index (χ0) is 15.1. The number of rotatable bonds is 7. The quantitative estimate of drug-likeness (QED) is 0.794. The number of benzene rings is 1. The first-order valence-corrected chi connectivity index (χ1v) is 8.69. The zero-order valence-corrected chi connectivity index (χ0v) is 13.4. The summed E-state index contributed by atoms with van der Waals surface area (Å²) in [5.74, 6) is 0.639. The second kappa shape index (κ2) is 8.00. The lowest BCUT2D eigenvalue weighted by molar-refractivity contribution is -0.119. The van der Waals surface area contributed by atoms with Gasteiger partial charge in [0.1, 0.15) is 0 Å². The van der Waals surface area contributed by atoms with Crippen LogP contribution >= 0.6 is 23.1 Å². The molecule has 0 aliphatic heterocycles. The van der Waals surface area contributed by atoms with E-state index in [2.05, 4.69) is 5.32 Å². The molecule has 1 amide bonds. The summed E-state index contributed by atoms with van der Waals surface area (Å²) in [6.45, 7) is 1.96. The highest BCUT2D eigenvalue weighted by atomic mass is 32.2. The van der Waals surface area contributed by atoms with Gasteiger partial charge in [0, 0.05) is 10.4 Å². The molecule has 110 valence electrons. The van der Waals surface area contributed by atoms with Gasteiger partial charge < -0.3 is 5.32 Å². The molecular formula is C16H17NO2S2. The van der Waals surface area contributed by atoms with Gasteiger partial charge in [0.15, 0.2) is 5.78 Å². The van der Waals surface area contributed by atoms with Crippen LogP contribution in [-0.2, 0) is 4.79 Å². The van der Waals surface area contributed by atoms with Gasteiger partial charge >= 0.3 is 0 Å². The van der Waals surface area contributed by atoms with E-state index in [1.165, 1.54) is 11.8 Å². The maximum Gasteiger partial charge on any atom is 0.230 e. The van der Waals surface area contributed by atoms with E-state index in [0.29, 0.717) is 17.1 Å². The normalized spacial score (nSPS) is 11.9. The van der Waals surface area contributed by atoms with E-state index >= 15 is 0 Å². The lowest BCUT2D eigenvalue weighted by Gasteiger charge is -2.11. The molecule has 1 aromatic heterocycles. The molecule has 1 aromatic carbocycles. The zero-order valence-electron chi connectivity index (χ0n) is 11.7. The molecule has 0 aliphatic rings. The topological polar surface area (TPSA) is 46.2 Å². The molecule has 1 heterocycles. The predicted octanol–water partition coefficient (Wildman–Crippen LogP) is 3.54. The van der Waals surface area contributed by atoms with Crippen molar-refractivity contribution >= 4 is 34.8 Å². The van der Waals surface area contributed by atoms with Gasteiger partial charge in [-0.25, -0.2) is 0 Å². The SMILES string of the molecule is C[C@@H](NC(=O)CSCC(=O)c1ccccc1)c1cccs1. The Kier molecular flexibility index (Phi) is 6.02. The second-order valence-electron chi connectivity index (χ2n) is 4.59. The first-order chi connectivity index (χ1) is 10.2. The number of carbonyl (C=O) groups is 2. The number of nitrogens with one attached hydrogen (secondary N) is 1. The van der Waals surface area contributed by atoms with E-state index < -0.39 is 0 Å². The fourth-order valence-corrected chi connectivity index (χ4v) is 3.29. The number of Topliss-reactive ketones (excluding diaryl/α,β-unsaturated/α-hetero) is 1. The average molecular weight is 319 g/mol. The third-order valence-corrected chi connectivity index (χ3v) is 4.90. The lowest BCUT2D eigenvalue weighted by Crippen LogP contribution is -2.28. The summed E-state index contributed by atoms with van der Waals surface area (Å²) in [7, 11) is 0. The molecular weight excluding hydrogens is 302 g/mol. The van der Waals surface area contributed by atoms with Crippen LogP contribution in [0, 0.1) is 0 Å². The van der Waals surface area contributed by atoms with E-state index in [0.717, 1.165) is 4.88 Å². The molecule has 0 unspecified atom stereocenters. The van der Waals surface area contributed by atoms with Crippen LogP contribution in [0.5, 0.6) is 0 Å². The second-order valence-corrected chi connectivity index (χ2v) is 6.55. The molecule has 3 nitrogen and oxygen atoms in total. The van der Waals surface area contributed by atoms with Gasteiger partial charge in [-0.05, 0) is 18.4 Å². The number of thioether (sulfide) groups is 1. The Bertz CT molecular complexity index is 582. The Labute approximate surface area is 132 Å². The van der Waals surface area contributed by atoms with Gasteiger partial charge in [0.2, 0.25) is 5.91 Å². The minimum Gasteiger partial charge on any atom is -0.348 e. The van der Waals surface area contributed by atoms with Crippen molar-refractivity contribution in [3.63, 3.8) is 0 Å². The van der Waals surface area contributed by atoms with Crippen LogP contribution in [0.25, 0.3) is 0 Å². The van der Waals surface area contributed by atoms with Gasteiger partial charge in [0.25, 0.3) is 0 Å². The van der Waals surface area contributed by atoms with Crippen LogP contribution in [0.4, 0.5) is 0 Å². The first-order valence-electron chi connectivity index (χ1n) is 6.65. The standard InChI is InChI=1S/C16H17NO2S2/c1-12(15-8-5-9-21-15)17-16(19)11-20-10-14(18)13-6-3-2-4-7-13/h2-9,12H,10-11H2,1H3,(H,17,19)/t12-/m1/s1. The van der Waals surface area contributed by atoms with Gasteiger partial charge in [-0.15, -0.1) is 23.1 Å². The van der Waals surface area contributed by atoms with Gasteiger partial charge in [-0.1, -0.05) is 36.4 Å². The summed E-state index contributed by atoms with van der Waals surface area (Å²) in [5, 5.41) is 4.93. The monoisotopic (exact) mass is 319 g/mol. The smallest absolute Gasteiger partial charge is 0.230 e. The third-order valence-electron chi connectivity index (χ3n) is 2.91. The van der Waals surface area contributed by atoms with Crippen molar-refractivity contribution in [3.05, 3.63) is 58.3 Å². The predicted molar refractivity (Wildman–Crippen MR) is 89.0 cm³/mol. The molecule has 0 saturated heterocycles. The highest BCUT2D eigenvalue weighted by Crippen LogP contribution is 2.18. The summed E-state index contributed by atoms with van der Waals surface area (Å²) in [5.41, 5.74) is 0.692. The summed E-state index contributed by atoms with van der Waals surface area (Å²) < 4.78 is 0. The van der Waals surface area contributed by atoms with Crippen molar-refractivity contribution in [3.8, 4) is 0 Å². The van der Waals surface area contributed by atoms with Gasteiger partial charge in [0.05, 0.1) is 17.5 Å². The molecule has 21 heavy (non-hydrogen) atoms. The Hall–Kier alpha value is -1.59. The van der Waals surface area contributed by atoms with Crippen LogP contribution in [0.15, 0.2) is 47.8 Å². The Morgan fingerprint density at radius 2 is 1.90 bits per heavy atom. The molecule has 2 rings (SSSR count). The van der Waals surface area contributed by atoms with Crippen molar-refractivity contribution in [2.75, 3.05) is 11.5 Å². The Balaban J connectivity index is 1.71. The van der Waals surface area contributed by atoms with Crippen LogP contribution in [-0.4, -0.2) is 23.2 Å². The summed E-state index contributed by atoms with van der Waals surface area (Å²) in [6, 6.07) is 13.1. The van der Waals surface area contributed by atoms with Crippen molar-refractivity contribution < 1.29 is 9.59 Å². The summed E-state index contributed by atoms with van der Waals surface area (Å²) in [6.07, 6.45) is 0. The van der Waals surface area contributed by atoms with E-state index in [1.807, 2.05) is 42.6 Å². The van der Waals surface area contributed by atoms with Crippen LogP contribution in [0.1, 0.15) is 28.2 Å². The number of hydrogen-bond acceptors (Lipinski definition) is 4. The minimum absolute atomic E-state index is 0.0166. The first kappa shape index (κ1) is 15.8. The molecule has 2 aromatic rings. The summed E-state index contributed by atoms with van der Waals surface area (Å²) in [4.78, 5) is 24.8. The molecule has 0 aliphatic carbocycles. The molecule has 0 fully saturated rings. The number of carbonyl (C=O) groups excluding carboxylic acids is 2. The molecule has 5 heteroatoms. The van der Waals surface area contributed by atoms with Crippen LogP contribution < -0.4 is 5.32 Å². The van der Waals surface area contributed by atoms with Crippen LogP contribution in [0.3, 0.4) is 0 Å². The van der Waals surface area contributed by atoms with Crippen molar-refractivity contribution in [1.29, 1.82) is 0 Å². The Morgan fingerprint density at radius 1 is 1.14 bits per heavy atom. The van der Waals surface area contributed by atoms with Gasteiger partial charge in [-0.2, -0.15) is 0 Å². The molecule has 0 spiro atoms. The van der Waals surface area contributed by atoms with Crippen molar-refractivity contribution in [1.82, 2.24) is 5.32 Å². The Morgan fingerprint density at radius 3 is 2.57 bits per heavy atom. The largest absolute Gasteiger partial charge is 0.348 e. The maximum absolute atomic E-state index is 11.9. The van der Waals surface area contributed by atoms with E-state index in [-0.39, 0.29) is 17.7 Å². The van der Waals surface area contributed by atoms with E-state index in [9.17, 15) is 9.59 Å². The fourth-order valence-electron chi connectivity index (χ4n) is 1.84. The molecule has 1 atom stereocenters. The van der Waals surface area contributed by atoms with E-state index in [4.69, 9.17) is 0 Å². The van der Waals surface area contributed by atoms with Gasteiger partial charge in [-0.3, -0.25) is 9.59 Å². The third kappa shape index (κ3) is 5.02. The van der Waals surface area contributed by atoms with Crippen LogP contribution in [0.2, 0.25) is 0 Å². The fraction of sp³-hybridized carbons (Fsp3) is 0.250. The van der Waals surface area contributed by atoms with E-state index in [1.54, 1.807) is 23.5 Å². The lowest BCUT2D eigenvalue weighted by atomic mass is 10.2. The molecule has 0 radical (unpaired) electrons. The average Bonchev–Trinajstić information content (AvgIpc) is 3.02. The molecule has 1 N–H and O–H groups in total. The molecule has 0 bridgehead atoms. The molecule has 0 saturated carbocycles. The summed E-state index contributed by atoms with van der Waals surface area (Å²) >= 11 is 2.97. The van der Waals surface area contributed by atoms with Crippen molar-refractivity contribution in [2.45, 2.75) is 13.0 Å². The maximum atomic E-state index is 11.9. The van der Waals surface area contributed by atoms with Crippen molar-refractivity contribution in [2.24, 2.45) is 0 Å². The highest BCUT2D eigenvalue weighted by Gasteiger charge is 2.11. The highest BCUT2D eigenvalue weighted by molar-refractivity contribution is 8.00.